The molecule has 34 heavy (non-hydrogen) atoms. The third-order valence-corrected chi connectivity index (χ3v) is 6.77. The van der Waals surface area contributed by atoms with Gasteiger partial charge >= 0.3 is 0 Å². The Morgan fingerprint density at radius 3 is 2.56 bits per heavy atom. The summed E-state index contributed by atoms with van der Waals surface area (Å²) in [5.74, 6) is -0.760. The third-order valence-electron chi connectivity index (χ3n) is 6.77. The fraction of sp³-hybridized carbons (Fsp3) is 0.346. The number of amides is 3. The van der Waals surface area contributed by atoms with E-state index in [0.29, 0.717) is 30.9 Å². The van der Waals surface area contributed by atoms with Gasteiger partial charge in [-0.3, -0.25) is 14.4 Å². The molecule has 3 heterocycles. The van der Waals surface area contributed by atoms with E-state index in [1.165, 1.54) is 6.92 Å². The van der Waals surface area contributed by atoms with E-state index < -0.39 is 17.4 Å². The number of hydrogen-bond donors (Lipinski definition) is 2. The number of rotatable bonds is 7. The predicted molar refractivity (Wildman–Crippen MR) is 127 cm³/mol. The predicted octanol–water partition coefficient (Wildman–Crippen LogP) is 2.30. The van der Waals surface area contributed by atoms with Crippen molar-refractivity contribution in [2.75, 3.05) is 30.4 Å². The molecule has 3 aliphatic heterocycles. The van der Waals surface area contributed by atoms with E-state index in [4.69, 9.17) is 9.47 Å². The number of carbonyl (C=O) groups is 3. The van der Waals surface area contributed by atoms with Crippen molar-refractivity contribution in [3.05, 3.63) is 66.2 Å². The SMILES string of the molecule is COc1ccc(CCNC(=O)[C@@H]2[C@H]3C=C[C@]4(CN(c5ccc(NC(C)=O)cc5)C(=O)[C@@H]24)O3)cc1. The minimum Gasteiger partial charge on any atom is -0.497 e. The minimum absolute atomic E-state index is 0.116. The van der Waals surface area contributed by atoms with Gasteiger partial charge in [0.25, 0.3) is 0 Å². The molecule has 0 saturated carbocycles. The topological polar surface area (TPSA) is 97.0 Å². The Kier molecular flexibility index (Phi) is 5.61. The number of ether oxygens (including phenoxy) is 2. The standard InChI is InChI=1S/C26H27N3O5/c1-16(30)28-18-5-7-19(8-6-18)29-15-26-13-11-21(34-26)22(23(26)25(29)32)24(31)27-14-12-17-3-9-20(33-2)10-4-17/h3-11,13,21-23H,12,14-15H2,1-2H3,(H,27,31)(H,28,30)/t21-,22-,23-,26-/m1/s1. The van der Waals surface area contributed by atoms with Gasteiger partial charge in [0.15, 0.2) is 0 Å². The second kappa shape index (κ2) is 8.61. The highest BCUT2D eigenvalue weighted by Gasteiger charge is 2.67. The Morgan fingerprint density at radius 2 is 1.88 bits per heavy atom. The largest absolute Gasteiger partial charge is 0.497 e. The lowest BCUT2D eigenvalue weighted by atomic mass is 9.77. The first-order valence-corrected chi connectivity index (χ1v) is 11.4. The van der Waals surface area contributed by atoms with Gasteiger partial charge in [-0.25, -0.2) is 0 Å². The number of methoxy groups -OCH3 is 1. The van der Waals surface area contributed by atoms with E-state index in [1.54, 1.807) is 36.3 Å². The lowest BCUT2D eigenvalue weighted by molar-refractivity contribution is -0.131. The van der Waals surface area contributed by atoms with Crippen LogP contribution in [0.25, 0.3) is 0 Å². The van der Waals surface area contributed by atoms with Gasteiger partial charge in [-0.05, 0) is 48.4 Å². The van der Waals surface area contributed by atoms with Gasteiger partial charge in [0.2, 0.25) is 17.7 Å². The summed E-state index contributed by atoms with van der Waals surface area (Å²) in [6.45, 7) is 2.28. The maximum atomic E-state index is 13.5. The summed E-state index contributed by atoms with van der Waals surface area (Å²) in [7, 11) is 1.63. The molecule has 4 atom stereocenters. The zero-order valence-corrected chi connectivity index (χ0v) is 19.1. The summed E-state index contributed by atoms with van der Waals surface area (Å²) in [6, 6.07) is 14.8. The van der Waals surface area contributed by atoms with Crippen molar-refractivity contribution < 1.29 is 23.9 Å². The van der Waals surface area contributed by atoms with Gasteiger partial charge in [0.05, 0.1) is 31.6 Å². The van der Waals surface area contributed by atoms with Crippen molar-refractivity contribution in [2.24, 2.45) is 11.8 Å². The fourth-order valence-electron chi connectivity index (χ4n) is 5.18. The van der Waals surface area contributed by atoms with Crippen LogP contribution >= 0.6 is 0 Å². The monoisotopic (exact) mass is 461 g/mol. The van der Waals surface area contributed by atoms with Crippen LogP contribution in [-0.2, 0) is 25.5 Å². The first kappa shape index (κ1) is 22.2. The van der Waals surface area contributed by atoms with Gasteiger partial charge in [0, 0.05) is 24.8 Å². The second-order valence-electron chi connectivity index (χ2n) is 8.94. The number of nitrogens with zero attached hydrogens (tertiary/aromatic N) is 1. The lowest BCUT2D eigenvalue weighted by Gasteiger charge is -2.23. The molecule has 0 aromatic heterocycles. The van der Waals surface area contributed by atoms with E-state index in [9.17, 15) is 14.4 Å². The smallest absolute Gasteiger partial charge is 0.234 e. The summed E-state index contributed by atoms with van der Waals surface area (Å²) in [5.41, 5.74) is 1.68. The van der Waals surface area contributed by atoms with Gasteiger partial charge in [0.1, 0.15) is 11.4 Å². The molecule has 2 aromatic carbocycles. The molecule has 2 aromatic rings. The van der Waals surface area contributed by atoms with Crippen molar-refractivity contribution in [2.45, 2.75) is 25.0 Å². The molecule has 3 aliphatic rings. The Morgan fingerprint density at radius 1 is 1.15 bits per heavy atom. The molecule has 2 saturated heterocycles. The van der Waals surface area contributed by atoms with Gasteiger partial charge in [-0.1, -0.05) is 24.3 Å². The maximum absolute atomic E-state index is 13.5. The van der Waals surface area contributed by atoms with E-state index in [0.717, 1.165) is 11.3 Å². The van der Waals surface area contributed by atoms with Crippen LogP contribution in [0.3, 0.4) is 0 Å². The highest BCUT2D eigenvalue weighted by Crippen LogP contribution is 2.52. The molecule has 8 heteroatoms. The molecule has 2 fully saturated rings. The molecule has 1 spiro atoms. The van der Waals surface area contributed by atoms with E-state index in [-0.39, 0.29) is 23.8 Å². The van der Waals surface area contributed by atoms with Crippen LogP contribution in [0.4, 0.5) is 11.4 Å². The van der Waals surface area contributed by atoms with E-state index in [1.807, 2.05) is 36.4 Å². The van der Waals surface area contributed by atoms with E-state index in [2.05, 4.69) is 10.6 Å². The Bertz CT molecular complexity index is 1140. The Balaban J connectivity index is 1.26. The highest BCUT2D eigenvalue weighted by molar-refractivity contribution is 6.03. The quantitative estimate of drug-likeness (QED) is 0.617. The summed E-state index contributed by atoms with van der Waals surface area (Å²) in [6.07, 6.45) is 4.13. The molecule has 0 aliphatic carbocycles. The van der Waals surface area contributed by atoms with Crippen LogP contribution in [0.15, 0.2) is 60.7 Å². The zero-order chi connectivity index (χ0) is 23.9. The van der Waals surface area contributed by atoms with Gasteiger partial charge in [-0.2, -0.15) is 0 Å². The highest BCUT2D eigenvalue weighted by atomic mass is 16.5. The van der Waals surface area contributed by atoms with Gasteiger partial charge < -0.3 is 25.0 Å². The van der Waals surface area contributed by atoms with Gasteiger partial charge in [-0.15, -0.1) is 0 Å². The second-order valence-corrected chi connectivity index (χ2v) is 8.94. The normalized spacial score (nSPS) is 26.5. The molecule has 2 N–H and O–H groups in total. The summed E-state index contributed by atoms with van der Waals surface area (Å²) in [5, 5.41) is 5.72. The van der Waals surface area contributed by atoms with Crippen LogP contribution in [0.2, 0.25) is 0 Å². The van der Waals surface area contributed by atoms with E-state index >= 15 is 0 Å². The summed E-state index contributed by atoms with van der Waals surface area (Å²) >= 11 is 0. The molecular formula is C26H27N3O5. The summed E-state index contributed by atoms with van der Waals surface area (Å²) in [4.78, 5) is 39.5. The molecule has 8 nitrogen and oxygen atoms in total. The minimum atomic E-state index is -0.782. The van der Waals surface area contributed by atoms with Crippen LogP contribution in [0, 0.1) is 11.8 Å². The average Bonchev–Trinajstić information content (AvgIpc) is 3.48. The van der Waals surface area contributed by atoms with Crippen molar-refractivity contribution in [1.29, 1.82) is 0 Å². The Hall–Kier alpha value is -3.65. The van der Waals surface area contributed by atoms with Crippen LogP contribution in [0.5, 0.6) is 5.75 Å². The first-order valence-electron chi connectivity index (χ1n) is 11.4. The van der Waals surface area contributed by atoms with Crippen LogP contribution < -0.4 is 20.3 Å². The summed E-state index contributed by atoms with van der Waals surface area (Å²) < 4.78 is 11.4. The number of benzene rings is 2. The molecule has 2 bridgehead atoms. The molecule has 0 radical (unpaired) electrons. The number of anilines is 2. The number of carbonyl (C=O) groups excluding carboxylic acids is 3. The van der Waals surface area contributed by atoms with Crippen molar-refractivity contribution in [3.8, 4) is 5.75 Å². The average molecular weight is 462 g/mol. The van der Waals surface area contributed by atoms with Crippen molar-refractivity contribution in [1.82, 2.24) is 5.32 Å². The number of fused-ring (bicyclic) bond motifs is 1. The Labute approximate surface area is 197 Å². The molecule has 0 unspecified atom stereocenters. The molecule has 3 amide bonds. The number of hydrogen-bond acceptors (Lipinski definition) is 5. The van der Waals surface area contributed by atoms with Crippen LogP contribution in [-0.4, -0.2) is 49.6 Å². The fourth-order valence-corrected chi connectivity index (χ4v) is 5.18. The molecule has 5 rings (SSSR count). The van der Waals surface area contributed by atoms with Crippen molar-refractivity contribution in [3.63, 3.8) is 0 Å². The third kappa shape index (κ3) is 3.84. The maximum Gasteiger partial charge on any atom is 0.234 e. The number of nitrogens with one attached hydrogen (secondary N) is 2. The van der Waals surface area contributed by atoms with Crippen molar-refractivity contribution >= 4 is 29.1 Å². The first-order chi connectivity index (χ1) is 16.4. The lowest BCUT2D eigenvalue weighted by Crippen LogP contribution is -2.44. The molecule has 176 valence electrons. The zero-order valence-electron chi connectivity index (χ0n) is 19.1. The molecular weight excluding hydrogens is 434 g/mol. The van der Waals surface area contributed by atoms with Crippen LogP contribution in [0.1, 0.15) is 12.5 Å².